The van der Waals surface area contributed by atoms with E-state index >= 15 is 0 Å². The van der Waals surface area contributed by atoms with Gasteiger partial charge in [-0.25, -0.2) is 8.78 Å². The molecule has 1 aromatic carbocycles. The van der Waals surface area contributed by atoms with Crippen molar-refractivity contribution in [2.24, 2.45) is 0 Å². The van der Waals surface area contributed by atoms with Crippen LogP contribution in [0.5, 0.6) is 5.75 Å². The van der Waals surface area contributed by atoms with Gasteiger partial charge in [-0.3, -0.25) is 4.79 Å². The predicted molar refractivity (Wildman–Crippen MR) is 62.2 cm³/mol. The summed E-state index contributed by atoms with van der Waals surface area (Å²) < 4.78 is 91.9. The number of hydrogen-bond acceptors (Lipinski definition) is 2. The molecule has 0 aliphatic heterocycles. The van der Waals surface area contributed by atoms with E-state index in [2.05, 4.69) is 10.1 Å². The summed E-state index contributed by atoms with van der Waals surface area (Å²) >= 11 is 0. The van der Waals surface area contributed by atoms with Crippen LogP contribution in [-0.2, 0) is 11.0 Å². The highest BCUT2D eigenvalue weighted by Crippen LogP contribution is 2.38. The van der Waals surface area contributed by atoms with Crippen molar-refractivity contribution < 1.29 is 40.3 Å². The third-order valence-corrected chi connectivity index (χ3v) is 2.34. The standard InChI is InChI=1S/C12H10F7NO2/c1-6(21)20-7-2-3-9(8(4-7)12(17,18)19)22-5-11(15,16)10(13)14/h2-4,10H,5H2,1H3,(H,20,21). The monoisotopic (exact) mass is 333 g/mol. The lowest BCUT2D eigenvalue weighted by atomic mass is 10.1. The third kappa shape index (κ3) is 4.78. The van der Waals surface area contributed by atoms with Gasteiger partial charge in [0.2, 0.25) is 5.91 Å². The Hall–Kier alpha value is -2.00. The maximum Gasteiger partial charge on any atom is 0.420 e. The molecule has 0 saturated heterocycles. The lowest BCUT2D eigenvalue weighted by molar-refractivity contribution is -0.153. The summed E-state index contributed by atoms with van der Waals surface area (Å²) in [5.74, 6) is -6.27. The molecule has 0 heterocycles. The minimum absolute atomic E-state index is 0.243. The smallest absolute Gasteiger partial charge is 0.420 e. The SMILES string of the molecule is CC(=O)Nc1ccc(OCC(F)(F)C(F)F)c(C(F)(F)F)c1. The second-order valence-corrected chi connectivity index (χ2v) is 4.24. The van der Waals surface area contributed by atoms with E-state index in [1.54, 1.807) is 0 Å². The van der Waals surface area contributed by atoms with Gasteiger partial charge in [0.15, 0.2) is 6.61 Å². The van der Waals surface area contributed by atoms with Crippen LogP contribution < -0.4 is 10.1 Å². The van der Waals surface area contributed by atoms with Crippen molar-refractivity contribution in [3.63, 3.8) is 0 Å². The van der Waals surface area contributed by atoms with Crippen LogP contribution in [0.4, 0.5) is 36.4 Å². The van der Waals surface area contributed by atoms with E-state index in [9.17, 15) is 35.5 Å². The number of carbonyl (C=O) groups excluding carboxylic acids is 1. The Kier molecular flexibility index (Phi) is 5.26. The number of halogens is 7. The van der Waals surface area contributed by atoms with Gasteiger partial charge in [0, 0.05) is 12.6 Å². The molecule has 1 rings (SSSR count). The van der Waals surface area contributed by atoms with Gasteiger partial charge in [-0.2, -0.15) is 22.0 Å². The normalized spacial score (nSPS) is 12.4. The van der Waals surface area contributed by atoms with Crippen molar-refractivity contribution in [1.29, 1.82) is 0 Å². The van der Waals surface area contributed by atoms with Crippen molar-refractivity contribution in [2.45, 2.75) is 25.4 Å². The Balaban J connectivity index is 3.06. The van der Waals surface area contributed by atoms with Crippen molar-refractivity contribution in [3.05, 3.63) is 23.8 Å². The van der Waals surface area contributed by atoms with E-state index in [4.69, 9.17) is 0 Å². The molecule has 0 bridgehead atoms. The van der Waals surface area contributed by atoms with Gasteiger partial charge in [-0.1, -0.05) is 0 Å². The summed E-state index contributed by atoms with van der Waals surface area (Å²) in [6.07, 6.45) is -9.05. The van der Waals surface area contributed by atoms with Crippen LogP contribution in [0, 0.1) is 0 Å². The van der Waals surface area contributed by atoms with Crippen molar-refractivity contribution in [3.8, 4) is 5.75 Å². The van der Waals surface area contributed by atoms with E-state index in [0.29, 0.717) is 12.1 Å². The van der Waals surface area contributed by atoms with Crippen molar-refractivity contribution in [2.75, 3.05) is 11.9 Å². The minimum atomic E-state index is -4.98. The Labute approximate surface area is 120 Å². The number of amides is 1. The summed E-state index contributed by atoms with van der Waals surface area (Å²) in [6, 6.07) is 2.08. The van der Waals surface area contributed by atoms with Gasteiger partial charge in [-0.15, -0.1) is 0 Å². The maximum atomic E-state index is 12.8. The van der Waals surface area contributed by atoms with Crippen LogP contribution in [-0.4, -0.2) is 24.9 Å². The molecule has 1 aromatic rings. The number of anilines is 1. The van der Waals surface area contributed by atoms with Crippen LogP contribution in [0.1, 0.15) is 12.5 Å². The number of ether oxygens (including phenoxy) is 1. The first-order valence-corrected chi connectivity index (χ1v) is 5.71. The second-order valence-electron chi connectivity index (χ2n) is 4.24. The second kappa shape index (κ2) is 6.41. The molecule has 0 fully saturated rings. The zero-order valence-corrected chi connectivity index (χ0v) is 11.0. The number of rotatable bonds is 5. The molecule has 0 saturated carbocycles. The van der Waals surface area contributed by atoms with Crippen molar-refractivity contribution in [1.82, 2.24) is 0 Å². The first-order valence-electron chi connectivity index (χ1n) is 5.71. The first kappa shape index (κ1) is 18.1. The Morgan fingerprint density at radius 3 is 2.27 bits per heavy atom. The van der Waals surface area contributed by atoms with E-state index in [0.717, 1.165) is 13.0 Å². The first-order chi connectivity index (χ1) is 9.93. The molecule has 3 nitrogen and oxygen atoms in total. The molecule has 0 aromatic heterocycles. The molecule has 124 valence electrons. The Bertz CT molecular complexity index is 543. The minimum Gasteiger partial charge on any atom is -0.486 e. The highest BCUT2D eigenvalue weighted by Gasteiger charge is 2.43. The Morgan fingerprint density at radius 1 is 1.23 bits per heavy atom. The summed E-state index contributed by atoms with van der Waals surface area (Å²) in [6.45, 7) is -0.853. The molecule has 1 amide bonds. The molecule has 0 aliphatic carbocycles. The highest BCUT2D eigenvalue weighted by atomic mass is 19.4. The fourth-order valence-electron chi connectivity index (χ4n) is 1.40. The molecular formula is C12H10F7NO2. The molecule has 0 aliphatic rings. The summed E-state index contributed by atoms with van der Waals surface area (Å²) in [5, 5.41) is 2.07. The van der Waals surface area contributed by atoms with Crippen LogP contribution in [0.2, 0.25) is 0 Å². The quantitative estimate of drug-likeness (QED) is 0.829. The number of carbonyl (C=O) groups is 1. The lowest BCUT2D eigenvalue weighted by Gasteiger charge is -2.19. The molecular weight excluding hydrogens is 323 g/mol. The fraction of sp³-hybridized carbons (Fsp3) is 0.417. The Morgan fingerprint density at radius 2 is 1.82 bits per heavy atom. The number of benzene rings is 1. The molecule has 22 heavy (non-hydrogen) atoms. The van der Waals surface area contributed by atoms with Crippen molar-refractivity contribution >= 4 is 11.6 Å². The highest BCUT2D eigenvalue weighted by molar-refractivity contribution is 5.88. The summed E-state index contributed by atoms with van der Waals surface area (Å²) in [7, 11) is 0. The topological polar surface area (TPSA) is 38.3 Å². The third-order valence-electron chi connectivity index (χ3n) is 2.34. The van der Waals surface area contributed by atoms with Crippen LogP contribution in [0.25, 0.3) is 0 Å². The molecule has 0 unspecified atom stereocenters. The van der Waals surface area contributed by atoms with E-state index in [1.165, 1.54) is 0 Å². The molecule has 0 radical (unpaired) electrons. The van der Waals surface area contributed by atoms with E-state index in [-0.39, 0.29) is 5.69 Å². The van der Waals surface area contributed by atoms with Gasteiger partial charge < -0.3 is 10.1 Å². The maximum absolute atomic E-state index is 12.8. The molecule has 0 atom stereocenters. The number of alkyl halides is 7. The van der Waals surface area contributed by atoms with Crippen LogP contribution in [0.3, 0.4) is 0 Å². The van der Waals surface area contributed by atoms with Gasteiger partial charge in [0.1, 0.15) is 5.75 Å². The molecule has 1 N–H and O–H groups in total. The van der Waals surface area contributed by atoms with Gasteiger partial charge >= 0.3 is 18.5 Å². The zero-order valence-electron chi connectivity index (χ0n) is 11.0. The van der Waals surface area contributed by atoms with Gasteiger partial charge in [-0.05, 0) is 18.2 Å². The van der Waals surface area contributed by atoms with E-state index < -0.39 is 42.4 Å². The average Bonchev–Trinajstić information content (AvgIpc) is 2.35. The molecule has 10 heteroatoms. The summed E-state index contributed by atoms with van der Waals surface area (Å²) in [5.41, 5.74) is -1.71. The number of hydrogen-bond donors (Lipinski definition) is 1. The van der Waals surface area contributed by atoms with Crippen LogP contribution in [0.15, 0.2) is 18.2 Å². The van der Waals surface area contributed by atoms with Gasteiger partial charge in [0.25, 0.3) is 0 Å². The van der Waals surface area contributed by atoms with Crippen LogP contribution >= 0.6 is 0 Å². The van der Waals surface area contributed by atoms with Gasteiger partial charge in [0.05, 0.1) is 5.56 Å². The molecule has 0 spiro atoms. The fourth-order valence-corrected chi connectivity index (χ4v) is 1.40. The average molecular weight is 333 g/mol. The zero-order chi connectivity index (χ0) is 17.1. The lowest BCUT2D eigenvalue weighted by Crippen LogP contribution is -2.34. The summed E-state index contributed by atoms with van der Waals surface area (Å²) in [4.78, 5) is 10.8. The number of nitrogens with one attached hydrogen (secondary N) is 1. The largest absolute Gasteiger partial charge is 0.486 e. The predicted octanol–water partition coefficient (Wildman–Crippen LogP) is 3.94. The van der Waals surface area contributed by atoms with E-state index in [1.807, 2.05) is 0 Å².